The molecular formula is C18H36S2. The van der Waals surface area contributed by atoms with Crippen LogP contribution in [0.1, 0.15) is 71.6 Å². The molecule has 20 heavy (non-hydrogen) atoms. The smallest absolute Gasteiger partial charge is 0.00362 e. The molecule has 0 saturated heterocycles. The molecule has 3 atom stereocenters. The lowest BCUT2D eigenvalue weighted by Gasteiger charge is -2.26. The van der Waals surface area contributed by atoms with Crippen molar-refractivity contribution in [3.8, 4) is 0 Å². The summed E-state index contributed by atoms with van der Waals surface area (Å²) in [6.45, 7) is 4.69. The van der Waals surface area contributed by atoms with Crippen LogP contribution in [0.25, 0.3) is 0 Å². The van der Waals surface area contributed by atoms with Crippen LogP contribution in [0.2, 0.25) is 0 Å². The number of thioether (sulfide) groups is 2. The summed E-state index contributed by atoms with van der Waals surface area (Å²) in [7, 11) is 0. The molecule has 0 bridgehead atoms. The summed E-state index contributed by atoms with van der Waals surface area (Å²) in [6, 6.07) is 0. The van der Waals surface area contributed by atoms with Crippen LogP contribution >= 0.6 is 23.5 Å². The molecule has 0 heterocycles. The van der Waals surface area contributed by atoms with Crippen molar-refractivity contribution in [2.45, 2.75) is 71.6 Å². The fourth-order valence-electron chi connectivity index (χ4n) is 3.52. The summed E-state index contributed by atoms with van der Waals surface area (Å²) >= 11 is 4.32. The van der Waals surface area contributed by atoms with Crippen LogP contribution in [0, 0.1) is 17.8 Å². The van der Waals surface area contributed by atoms with Crippen LogP contribution < -0.4 is 0 Å². The Morgan fingerprint density at radius 2 is 1.80 bits per heavy atom. The standard InChI is InChI=1S/C18H36S2/c1-4-6-7-8-12-20-15-17-11-9-10-16(5-2)13-18(17)14-19-3/h16-18H,4-15H2,1-3H3. The van der Waals surface area contributed by atoms with E-state index in [0.29, 0.717) is 0 Å². The normalized spacial score (nSPS) is 27.4. The molecule has 0 N–H and O–H groups in total. The van der Waals surface area contributed by atoms with E-state index >= 15 is 0 Å². The maximum Gasteiger partial charge on any atom is -0.00362 e. The van der Waals surface area contributed by atoms with E-state index in [0.717, 1.165) is 17.8 Å². The highest BCUT2D eigenvalue weighted by Gasteiger charge is 2.27. The molecule has 120 valence electrons. The van der Waals surface area contributed by atoms with Gasteiger partial charge in [-0.25, -0.2) is 0 Å². The van der Waals surface area contributed by atoms with Crippen molar-refractivity contribution in [3.63, 3.8) is 0 Å². The van der Waals surface area contributed by atoms with Crippen molar-refractivity contribution in [2.24, 2.45) is 17.8 Å². The van der Waals surface area contributed by atoms with Crippen LogP contribution in [0.5, 0.6) is 0 Å². The molecule has 1 saturated carbocycles. The molecule has 1 aliphatic carbocycles. The Kier molecular flexibility index (Phi) is 11.5. The molecule has 1 rings (SSSR count). The van der Waals surface area contributed by atoms with Gasteiger partial charge in [-0.1, -0.05) is 52.4 Å². The fourth-order valence-corrected chi connectivity index (χ4v) is 5.67. The Morgan fingerprint density at radius 1 is 0.950 bits per heavy atom. The zero-order valence-electron chi connectivity index (χ0n) is 14.0. The monoisotopic (exact) mass is 316 g/mol. The van der Waals surface area contributed by atoms with Crippen molar-refractivity contribution in [1.29, 1.82) is 0 Å². The maximum atomic E-state index is 2.39. The predicted molar refractivity (Wildman–Crippen MR) is 99.1 cm³/mol. The average Bonchev–Trinajstić information content (AvgIpc) is 2.65. The fraction of sp³-hybridized carbons (Fsp3) is 1.00. The summed E-state index contributed by atoms with van der Waals surface area (Å²) in [4.78, 5) is 0. The SMILES string of the molecule is CCCCCCSCC1CCCC(CC)CC1CSC. The molecule has 2 heteroatoms. The molecule has 1 fully saturated rings. The van der Waals surface area contributed by atoms with Crippen LogP contribution in [0.3, 0.4) is 0 Å². The van der Waals surface area contributed by atoms with Gasteiger partial charge >= 0.3 is 0 Å². The van der Waals surface area contributed by atoms with E-state index in [9.17, 15) is 0 Å². The molecule has 0 aromatic heterocycles. The zero-order chi connectivity index (χ0) is 14.6. The predicted octanol–water partition coefficient (Wildman–Crippen LogP) is 6.50. The van der Waals surface area contributed by atoms with Gasteiger partial charge in [0.05, 0.1) is 0 Å². The van der Waals surface area contributed by atoms with Gasteiger partial charge in [0.2, 0.25) is 0 Å². The first-order chi connectivity index (χ1) is 9.81. The Bertz CT molecular complexity index is 217. The number of rotatable bonds is 10. The van der Waals surface area contributed by atoms with E-state index in [1.807, 2.05) is 0 Å². The van der Waals surface area contributed by atoms with Crippen molar-refractivity contribution in [2.75, 3.05) is 23.5 Å². The second kappa shape index (κ2) is 12.3. The highest BCUT2D eigenvalue weighted by atomic mass is 32.2. The average molecular weight is 317 g/mol. The Labute approximate surface area is 136 Å². The van der Waals surface area contributed by atoms with Crippen LogP contribution in [0.4, 0.5) is 0 Å². The highest BCUT2D eigenvalue weighted by molar-refractivity contribution is 7.99. The van der Waals surface area contributed by atoms with Crippen molar-refractivity contribution in [1.82, 2.24) is 0 Å². The van der Waals surface area contributed by atoms with Gasteiger partial charge < -0.3 is 0 Å². The largest absolute Gasteiger partial charge is 0.165 e. The summed E-state index contributed by atoms with van der Waals surface area (Å²) in [5, 5.41) is 0. The van der Waals surface area contributed by atoms with E-state index in [2.05, 4.69) is 43.6 Å². The minimum Gasteiger partial charge on any atom is -0.165 e. The van der Waals surface area contributed by atoms with E-state index < -0.39 is 0 Å². The third-order valence-corrected chi connectivity index (χ3v) is 6.92. The Morgan fingerprint density at radius 3 is 2.50 bits per heavy atom. The molecule has 0 amide bonds. The third kappa shape index (κ3) is 7.64. The van der Waals surface area contributed by atoms with Gasteiger partial charge in [0.1, 0.15) is 0 Å². The number of unbranched alkanes of at least 4 members (excludes halogenated alkanes) is 3. The molecule has 0 aliphatic heterocycles. The lowest BCUT2D eigenvalue weighted by Crippen LogP contribution is -2.20. The van der Waals surface area contributed by atoms with Crippen LogP contribution in [-0.2, 0) is 0 Å². The van der Waals surface area contributed by atoms with Gasteiger partial charge in [0.15, 0.2) is 0 Å². The second-order valence-corrected chi connectivity index (χ2v) is 8.61. The van der Waals surface area contributed by atoms with Crippen molar-refractivity contribution < 1.29 is 0 Å². The van der Waals surface area contributed by atoms with Gasteiger partial charge in [0.25, 0.3) is 0 Å². The zero-order valence-corrected chi connectivity index (χ0v) is 15.7. The van der Waals surface area contributed by atoms with E-state index in [-0.39, 0.29) is 0 Å². The Balaban J connectivity index is 2.28. The van der Waals surface area contributed by atoms with Gasteiger partial charge in [-0.15, -0.1) is 0 Å². The Hall–Kier alpha value is 0.700. The molecule has 0 aromatic carbocycles. The number of hydrogen-bond acceptors (Lipinski definition) is 2. The van der Waals surface area contributed by atoms with Gasteiger partial charge in [-0.2, -0.15) is 23.5 Å². The summed E-state index contributed by atoms with van der Waals surface area (Å²) in [5.74, 6) is 7.27. The topological polar surface area (TPSA) is 0 Å². The molecule has 0 spiro atoms. The highest BCUT2D eigenvalue weighted by Crippen LogP contribution is 2.37. The summed E-state index contributed by atoms with van der Waals surface area (Å²) in [6.07, 6.45) is 15.4. The molecule has 1 aliphatic rings. The van der Waals surface area contributed by atoms with Crippen molar-refractivity contribution in [3.05, 3.63) is 0 Å². The minimum absolute atomic E-state index is 1.00. The lowest BCUT2D eigenvalue weighted by molar-refractivity contribution is 0.336. The number of hydrogen-bond donors (Lipinski definition) is 0. The van der Waals surface area contributed by atoms with Gasteiger partial charge in [-0.3, -0.25) is 0 Å². The first kappa shape index (κ1) is 18.7. The first-order valence-corrected chi connectivity index (χ1v) is 11.4. The van der Waals surface area contributed by atoms with Crippen LogP contribution in [0.15, 0.2) is 0 Å². The second-order valence-electron chi connectivity index (χ2n) is 6.55. The molecule has 3 unspecified atom stereocenters. The molecule has 0 aromatic rings. The maximum absolute atomic E-state index is 2.39. The molecule has 0 nitrogen and oxygen atoms in total. The van der Waals surface area contributed by atoms with E-state index in [1.54, 1.807) is 0 Å². The quantitative estimate of drug-likeness (QED) is 0.333. The van der Waals surface area contributed by atoms with Crippen LogP contribution in [-0.4, -0.2) is 23.5 Å². The third-order valence-electron chi connectivity index (χ3n) is 4.92. The molecule has 0 radical (unpaired) electrons. The van der Waals surface area contributed by atoms with E-state index in [1.165, 1.54) is 75.0 Å². The van der Waals surface area contributed by atoms with Crippen molar-refractivity contribution >= 4 is 23.5 Å². The molecular weight excluding hydrogens is 280 g/mol. The summed E-state index contributed by atoms with van der Waals surface area (Å²) < 4.78 is 0. The minimum atomic E-state index is 1.00. The lowest BCUT2D eigenvalue weighted by atomic mass is 9.87. The van der Waals surface area contributed by atoms with Gasteiger partial charge in [0, 0.05) is 0 Å². The van der Waals surface area contributed by atoms with E-state index in [4.69, 9.17) is 0 Å². The summed E-state index contributed by atoms with van der Waals surface area (Å²) in [5.41, 5.74) is 0. The first-order valence-electron chi connectivity index (χ1n) is 8.88. The van der Waals surface area contributed by atoms with Gasteiger partial charge in [-0.05, 0) is 60.5 Å².